The molecule has 0 bridgehead atoms. The van der Waals surface area contributed by atoms with Gasteiger partial charge in [0.2, 0.25) is 0 Å². The van der Waals surface area contributed by atoms with Gasteiger partial charge in [-0.05, 0) is 35.7 Å². The lowest BCUT2D eigenvalue weighted by Gasteiger charge is -2.05. The Morgan fingerprint density at radius 3 is 2.24 bits per heavy atom. The molecule has 0 heterocycles. The fraction of sp³-hybridized carbons (Fsp3) is 0.0667. The lowest BCUT2D eigenvalue weighted by Crippen LogP contribution is -1.87. The van der Waals surface area contributed by atoms with E-state index in [1.807, 2.05) is 37.3 Å². The number of hydrogen-bond acceptors (Lipinski definition) is 2. The van der Waals surface area contributed by atoms with Crippen molar-refractivity contribution in [1.29, 1.82) is 10.5 Å². The van der Waals surface area contributed by atoms with Crippen molar-refractivity contribution < 1.29 is 0 Å². The SMILES string of the molecule is Cc1cc(-c2ccccc2C#N)ccc1C#N. The van der Waals surface area contributed by atoms with Crippen LogP contribution in [-0.2, 0) is 0 Å². The van der Waals surface area contributed by atoms with Crippen molar-refractivity contribution in [2.45, 2.75) is 6.92 Å². The highest BCUT2D eigenvalue weighted by Gasteiger charge is 2.05. The first-order chi connectivity index (χ1) is 8.26. The minimum Gasteiger partial charge on any atom is -0.192 e. The number of nitrogens with zero attached hydrogens (tertiary/aromatic N) is 2. The van der Waals surface area contributed by atoms with Gasteiger partial charge in [0.05, 0.1) is 23.3 Å². The Morgan fingerprint density at radius 1 is 0.882 bits per heavy atom. The molecule has 0 N–H and O–H groups in total. The molecule has 0 fully saturated rings. The molecule has 0 saturated heterocycles. The second-order valence-electron chi connectivity index (χ2n) is 3.80. The van der Waals surface area contributed by atoms with Crippen LogP contribution in [0.5, 0.6) is 0 Å². The molecule has 2 aromatic rings. The van der Waals surface area contributed by atoms with E-state index in [0.29, 0.717) is 11.1 Å². The Kier molecular flexibility index (Phi) is 2.90. The molecule has 2 nitrogen and oxygen atoms in total. The molecule has 0 amide bonds. The summed E-state index contributed by atoms with van der Waals surface area (Å²) >= 11 is 0. The molecule has 0 aliphatic carbocycles. The third kappa shape index (κ3) is 2.02. The standard InChI is InChI=1S/C15H10N2/c1-11-8-12(6-7-13(11)9-16)15-5-3-2-4-14(15)10-17/h2-8H,1H3. The molecular formula is C15H10N2. The van der Waals surface area contributed by atoms with Crippen LogP contribution in [-0.4, -0.2) is 0 Å². The highest BCUT2D eigenvalue weighted by molar-refractivity contribution is 5.71. The maximum Gasteiger partial charge on any atom is 0.0998 e. The second-order valence-corrected chi connectivity index (χ2v) is 3.80. The van der Waals surface area contributed by atoms with Crippen LogP contribution in [0.1, 0.15) is 16.7 Å². The third-order valence-corrected chi connectivity index (χ3v) is 2.71. The van der Waals surface area contributed by atoms with Gasteiger partial charge < -0.3 is 0 Å². The molecule has 0 aromatic heterocycles. The minimum absolute atomic E-state index is 0.650. The Morgan fingerprint density at radius 2 is 1.59 bits per heavy atom. The van der Waals surface area contributed by atoms with Crippen molar-refractivity contribution in [3.05, 3.63) is 59.2 Å². The molecule has 0 spiro atoms. The Hall–Kier alpha value is -2.58. The topological polar surface area (TPSA) is 47.6 Å². The van der Waals surface area contributed by atoms with Gasteiger partial charge in [-0.1, -0.05) is 30.3 Å². The van der Waals surface area contributed by atoms with Gasteiger partial charge in [0.15, 0.2) is 0 Å². The van der Waals surface area contributed by atoms with Crippen LogP contribution in [0.2, 0.25) is 0 Å². The fourth-order valence-electron chi connectivity index (χ4n) is 1.79. The van der Waals surface area contributed by atoms with Crippen LogP contribution >= 0.6 is 0 Å². The molecule has 2 rings (SSSR count). The molecule has 0 aliphatic rings. The summed E-state index contributed by atoms with van der Waals surface area (Å²) in [5.41, 5.74) is 4.12. The van der Waals surface area contributed by atoms with Crippen LogP contribution in [0.25, 0.3) is 11.1 Å². The van der Waals surface area contributed by atoms with Crippen LogP contribution in [0.15, 0.2) is 42.5 Å². The summed E-state index contributed by atoms with van der Waals surface area (Å²) in [7, 11) is 0. The van der Waals surface area contributed by atoms with Gasteiger partial charge in [-0.3, -0.25) is 0 Å². The monoisotopic (exact) mass is 218 g/mol. The van der Waals surface area contributed by atoms with Crippen LogP contribution in [0.3, 0.4) is 0 Å². The first-order valence-electron chi connectivity index (χ1n) is 5.26. The number of benzene rings is 2. The Bertz CT molecular complexity index is 643. The van der Waals surface area contributed by atoms with Crippen LogP contribution < -0.4 is 0 Å². The average molecular weight is 218 g/mol. The third-order valence-electron chi connectivity index (χ3n) is 2.71. The summed E-state index contributed by atoms with van der Waals surface area (Å²) in [5.74, 6) is 0. The quantitative estimate of drug-likeness (QED) is 0.736. The lowest BCUT2D eigenvalue weighted by atomic mass is 9.97. The highest BCUT2D eigenvalue weighted by Crippen LogP contribution is 2.25. The van der Waals surface area contributed by atoms with Gasteiger partial charge in [0.25, 0.3) is 0 Å². The lowest BCUT2D eigenvalue weighted by molar-refractivity contribution is 1.39. The summed E-state index contributed by atoms with van der Waals surface area (Å²) in [6.45, 7) is 1.90. The van der Waals surface area contributed by atoms with E-state index in [9.17, 15) is 0 Å². The molecule has 0 aliphatic heterocycles. The van der Waals surface area contributed by atoms with Crippen molar-refractivity contribution in [3.8, 4) is 23.3 Å². The summed E-state index contributed by atoms with van der Waals surface area (Å²) in [6, 6.07) is 17.4. The number of rotatable bonds is 1. The summed E-state index contributed by atoms with van der Waals surface area (Å²) in [6.07, 6.45) is 0. The molecule has 0 saturated carbocycles. The molecular weight excluding hydrogens is 208 g/mol. The average Bonchev–Trinajstić information content (AvgIpc) is 2.38. The van der Waals surface area contributed by atoms with Gasteiger partial charge in [-0.2, -0.15) is 10.5 Å². The van der Waals surface area contributed by atoms with E-state index >= 15 is 0 Å². The van der Waals surface area contributed by atoms with E-state index in [1.165, 1.54) is 0 Å². The first kappa shape index (κ1) is 10.9. The zero-order valence-electron chi connectivity index (χ0n) is 9.44. The number of nitriles is 2. The maximum atomic E-state index is 9.05. The Labute approximate surface area is 100 Å². The highest BCUT2D eigenvalue weighted by atomic mass is 14.3. The molecule has 0 atom stereocenters. The summed E-state index contributed by atoms with van der Waals surface area (Å²) in [4.78, 5) is 0. The van der Waals surface area contributed by atoms with Crippen molar-refractivity contribution in [1.82, 2.24) is 0 Å². The van der Waals surface area contributed by atoms with Crippen molar-refractivity contribution in [2.24, 2.45) is 0 Å². The molecule has 2 aromatic carbocycles. The molecule has 0 unspecified atom stereocenters. The van der Waals surface area contributed by atoms with E-state index in [0.717, 1.165) is 16.7 Å². The van der Waals surface area contributed by atoms with Crippen molar-refractivity contribution in [2.75, 3.05) is 0 Å². The van der Waals surface area contributed by atoms with Crippen LogP contribution in [0, 0.1) is 29.6 Å². The zero-order chi connectivity index (χ0) is 12.3. The molecule has 17 heavy (non-hydrogen) atoms. The summed E-state index contributed by atoms with van der Waals surface area (Å²) < 4.78 is 0. The fourth-order valence-corrected chi connectivity index (χ4v) is 1.79. The Balaban J connectivity index is 2.59. The van der Waals surface area contributed by atoms with E-state index < -0.39 is 0 Å². The van der Waals surface area contributed by atoms with E-state index in [2.05, 4.69) is 12.1 Å². The number of hydrogen-bond donors (Lipinski definition) is 0. The first-order valence-corrected chi connectivity index (χ1v) is 5.26. The van der Waals surface area contributed by atoms with E-state index in [-0.39, 0.29) is 0 Å². The van der Waals surface area contributed by atoms with E-state index in [4.69, 9.17) is 10.5 Å². The predicted octanol–water partition coefficient (Wildman–Crippen LogP) is 3.41. The number of aryl methyl sites for hydroxylation is 1. The van der Waals surface area contributed by atoms with Crippen molar-refractivity contribution >= 4 is 0 Å². The van der Waals surface area contributed by atoms with Gasteiger partial charge >= 0.3 is 0 Å². The van der Waals surface area contributed by atoms with Gasteiger partial charge in [-0.15, -0.1) is 0 Å². The molecule has 2 heteroatoms. The van der Waals surface area contributed by atoms with Crippen molar-refractivity contribution in [3.63, 3.8) is 0 Å². The summed E-state index contributed by atoms with van der Waals surface area (Å²) in [5, 5.41) is 17.9. The van der Waals surface area contributed by atoms with Crippen LogP contribution in [0.4, 0.5) is 0 Å². The predicted molar refractivity (Wildman–Crippen MR) is 66.0 cm³/mol. The minimum atomic E-state index is 0.650. The molecule has 0 radical (unpaired) electrons. The smallest absolute Gasteiger partial charge is 0.0998 e. The maximum absolute atomic E-state index is 9.05. The molecule has 80 valence electrons. The largest absolute Gasteiger partial charge is 0.192 e. The zero-order valence-corrected chi connectivity index (χ0v) is 9.44. The van der Waals surface area contributed by atoms with Gasteiger partial charge in [0, 0.05) is 0 Å². The van der Waals surface area contributed by atoms with Gasteiger partial charge in [0.1, 0.15) is 0 Å². The van der Waals surface area contributed by atoms with E-state index in [1.54, 1.807) is 12.1 Å². The normalized spacial score (nSPS) is 9.35. The van der Waals surface area contributed by atoms with Gasteiger partial charge in [-0.25, -0.2) is 0 Å². The second kappa shape index (κ2) is 4.51.